The maximum atomic E-state index is 5.73. The molecule has 1 N–H and O–H groups in total. The average Bonchev–Trinajstić information content (AvgIpc) is 2.71. The Hall–Kier alpha value is -0.990. The Morgan fingerprint density at radius 3 is 2.79 bits per heavy atom. The topological polar surface area (TPSA) is 28.7 Å². The number of nitrogens with one attached hydrogen (secondary N) is 1. The van der Waals surface area contributed by atoms with Crippen molar-refractivity contribution in [2.75, 3.05) is 0 Å². The number of halogens is 2. The summed E-state index contributed by atoms with van der Waals surface area (Å²) in [5, 5.41) is 6.81. The van der Waals surface area contributed by atoms with Crippen LogP contribution in [0.15, 0.2) is 36.5 Å². The fourth-order valence-corrected chi connectivity index (χ4v) is 1.40. The highest BCUT2D eigenvalue weighted by Gasteiger charge is 1.98. The third-order valence-electron chi connectivity index (χ3n) is 1.89. The van der Waals surface area contributed by atoms with E-state index in [4.69, 9.17) is 11.6 Å². The Balaban J connectivity index is 0.000000980. The summed E-state index contributed by atoms with van der Waals surface area (Å²) in [7, 11) is 0. The van der Waals surface area contributed by atoms with Crippen molar-refractivity contribution >= 4 is 24.0 Å². The molecule has 0 amide bonds. The van der Waals surface area contributed by atoms with E-state index in [9.17, 15) is 0 Å². The standard InChI is InChI=1S/C10H9ClN2.ClH/c11-7-8-2-1-3-9(6-8)10-4-5-12-13-10;/h1-6H,7H2,(H,12,13);1H. The molecule has 74 valence electrons. The summed E-state index contributed by atoms with van der Waals surface area (Å²) in [6.07, 6.45) is 1.74. The summed E-state index contributed by atoms with van der Waals surface area (Å²) < 4.78 is 0. The SMILES string of the molecule is Cl.ClCc1cccc(-c2ccn[nH]2)c1. The van der Waals surface area contributed by atoms with Crippen LogP contribution in [0.4, 0.5) is 0 Å². The molecule has 1 aromatic heterocycles. The average molecular weight is 229 g/mol. The minimum absolute atomic E-state index is 0. The molecule has 0 saturated heterocycles. The molecule has 0 saturated carbocycles. The summed E-state index contributed by atoms with van der Waals surface area (Å²) in [5.74, 6) is 0.544. The summed E-state index contributed by atoms with van der Waals surface area (Å²) in [6.45, 7) is 0. The molecule has 2 aromatic rings. The maximum absolute atomic E-state index is 5.73. The van der Waals surface area contributed by atoms with Gasteiger partial charge in [-0.3, -0.25) is 5.10 Å². The van der Waals surface area contributed by atoms with Crippen LogP contribution >= 0.6 is 24.0 Å². The predicted octanol–water partition coefficient (Wildman–Crippen LogP) is 3.24. The highest BCUT2D eigenvalue weighted by Crippen LogP contribution is 2.18. The van der Waals surface area contributed by atoms with Crippen LogP contribution in [0.1, 0.15) is 5.56 Å². The van der Waals surface area contributed by atoms with Gasteiger partial charge in [-0.05, 0) is 23.3 Å². The molecule has 1 heterocycles. The molecule has 14 heavy (non-hydrogen) atoms. The Morgan fingerprint density at radius 2 is 2.14 bits per heavy atom. The van der Waals surface area contributed by atoms with Gasteiger partial charge in [0, 0.05) is 12.1 Å². The number of benzene rings is 1. The number of H-pyrrole nitrogens is 1. The molecule has 2 nitrogen and oxygen atoms in total. The minimum atomic E-state index is 0. The lowest BCUT2D eigenvalue weighted by Gasteiger charge is -1.99. The summed E-state index contributed by atoms with van der Waals surface area (Å²) >= 11 is 5.73. The van der Waals surface area contributed by atoms with Crippen molar-refractivity contribution in [3.63, 3.8) is 0 Å². The fourth-order valence-electron chi connectivity index (χ4n) is 1.24. The molecule has 0 unspecified atom stereocenters. The van der Waals surface area contributed by atoms with E-state index in [-0.39, 0.29) is 12.4 Å². The summed E-state index contributed by atoms with van der Waals surface area (Å²) in [5.41, 5.74) is 3.26. The molecular formula is C10H10Cl2N2. The predicted molar refractivity (Wildman–Crippen MR) is 60.8 cm³/mol. The van der Waals surface area contributed by atoms with Crippen molar-refractivity contribution < 1.29 is 0 Å². The van der Waals surface area contributed by atoms with Gasteiger partial charge < -0.3 is 0 Å². The van der Waals surface area contributed by atoms with Crippen LogP contribution < -0.4 is 0 Å². The van der Waals surface area contributed by atoms with Crippen LogP contribution in [0.3, 0.4) is 0 Å². The van der Waals surface area contributed by atoms with Gasteiger partial charge in [-0.2, -0.15) is 5.10 Å². The van der Waals surface area contributed by atoms with Gasteiger partial charge in [0.2, 0.25) is 0 Å². The van der Waals surface area contributed by atoms with Gasteiger partial charge in [-0.25, -0.2) is 0 Å². The van der Waals surface area contributed by atoms with Crippen molar-refractivity contribution in [2.45, 2.75) is 5.88 Å². The van der Waals surface area contributed by atoms with Crippen molar-refractivity contribution in [1.29, 1.82) is 0 Å². The van der Waals surface area contributed by atoms with Gasteiger partial charge in [-0.1, -0.05) is 18.2 Å². The van der Waals surface area contributed by atoms with Crippen LogP contribution in [0.5, 0.6) is 0 Å². The zero-order valence-electron chi connectivity index (χ0n) is 7.40. The van der Waals surface area contributed by atoms with E-state index < -0.39 is 0 Å². The second-order valence-electron chi connectivity index (χ2n) is 2.80. The lowest BCUT2D eigenvalue weighted by molar-refractivity contribution is 1.09. The van der Waals surface area contributed by atoms with Crippen LogP contribution in [-0.4, -0.2) is 10.2 Å². The lowest BCUT2D eigenvalue weighted by Crippen LogP contribution is -1.81. The van der Waals surface area contributed by atoms with Crippen molar-refractivity contribution in [1.82, 2.24) is 10.2 Å². The first-order valence-electron chi connectivity index (χ1n) is 4.05. The monoisotopic (exact) mass is 228 g/mol. The summed E-state index contributed by atoms with van der Waals surface area (Å²) in [4.78, 5) is 0. The largest absolute Gasteiger partial charge is 0.278 e. The van der Waals surface area contributed by atoms with Gasteiger partial charge in [0.1, 0.15) is 0 Å². The Morgan fingerprint density at radius 1 is 1.29 bits per heavy atom. The van der Waals surface area contributed by atoms with E-state index in [0.29, 0.717) is 5.88 Å². The number of hydrogen-bond donors (Lipinski definition) is 1. The maximum Gasteiger partial charge on any atom is 0.0650 e. The fraction of sp³-hybridized carbons (Fsp3) is 0.100. The normalized spacial score (nSPS) is 9.50. The third kappa shape index (κ3) is 2.28. The first-order valence-corrected chi connectivity index (χ1v) is 4.58. The van der Waals surface area contributed by atoms with Crippen LogP contribution in [0, 0.1) is 0 Å². The minimum Gasteiger partial charge on any atom is -0.278 e. The highest BCUT2D eigenvalue weighted by molar-refractivity contribution is 6.17. The quantitative estimate of drug-likeness (QED) is 0.786. The van der Waals surface area contributed by atoms with E-state index in [2.05, 4.69) is 16.3 Å². The number of aromatic nitrogens is 2. The van der Waals surface area contributed by atoms with Gasteiger partial charge in [0.25, 0.3) is 0 Å². The molecule has 1 aromatic carbocycles. The number of rotatable bonds is 2. The first-order chi connectivity index (χ1) is 6.40. The van der Waals surface area contributed by atoms with E-state index >= 15 is 0 Å². The molecule has 4 heteroatoms. The molecule has 0 atom stereocenters. The first kappa shape index (κ1) is 11.1. The Bertz CT molecular complexity index is 385. The number of nitrogens with zero attached hydrogens (tertiary/aromatic N) is 1. The van der Waals surface area contributed by atoms with Crippen LogP contribution in [0.25, 0.3) is 11.3 Å². The molecule has 0 aliphatic rings. The smallest absolute Gasteiger partial charge is 0.0650 e. The zero-order valence-corrected chi connectivity index (χ0v) is 8.98. The van der Waals surface area contributed by atoms with E-state index in [0.717, 1.165) is 16.8 Å². The van der Waals surface area contributed by atoms with E-state index in [1.165, 1.54) is 0 Å². The lowest BCUT2D eigenvalue weighted by atomic mass is 10.1. The molecule has 2 rings (SSSR count). The molecule has 0 spiro atoms. The molecule has 0 fully saturated rings. The summed E-state index contributed by atoms with van der Waals surface area (Å²) in [6, 6.07) is 10.0. The Kier molecular flexibility index (Phi) is 3.98. The second-order valence-corrected chi connectivity index (χ2v) is 3.07. The van der Waals surface area contributed by atoms with Gasteiger partial charge in [-0.15, -0.1) is 24.0 Å². The van der Waals surface area contributed by atoms with Crippen LogP contribution in [0.2, 0.25) is 0 Å². The van der Waals surface area contributed by atoms with Crippen molar-refractivity contribution in [3.05, 3.63) is 42.1 Å². The van der Waals surface area contributed by atoms with E-state index in [1.54, 1.807) is 6.20 Å². The third-order valence-corrected chi connectivity index (χ3v) is 2.20. The van der Waals surface area contributed by atoms with Gasteiger partial charge >= 0.3 is 0 Å². The molecule has 0 aliphatic carbocycles. The zero-order chi connectivity index (χ0) is 9.10. The number of aromatic amines is 1. The van der Waals surface area contributed by atoms with Gasteiger partial charge in [0.15, 0.2) is 0 Å². The number of alkyl halides is 1. The van der Waals surface area contributed by atoms with E-state index in [1.807, 2.05) is 24.3 Å². The van der Waals surface area contributed by atoms with Crippen LogP contribution in [-0.2, 0) is 5.88 Å². The van der Waals surface area contributed by atoms with Gasteiger partial charge in [0.05, 0.1) is 5.69 Å². The van der Waals surface area contributed by atoms with Crippen molar-refractivity contribution in [3.8, 4) is 11.3 Å². The molecule has 0 radical (unpaired) electrons. The molecule has 0 aliphatic heterocycles. The second kappa shape index (κ2) is 5.03. The van der Waals surface area contributed by atoms with Crippen molar-refractivity contribution in [2.24, 2.45) is 0 Å². The molecule has 0 bridgehead atoms. The highest BCUT2D eigenvalue weighted by atomic mass is 35.5. The molecular weight excluding hydrogens is 219 g/mol. The number of hydrogen-bond acceptors (Lipinski definition) is 1. The Labute approximate surface area is 93.7 Å².